The SMILES string of the molecule is CCN1CCN(C(=O)[C@@H](c2ccccc2)N2CC3=C(C2=O)[C@@H](c2ccccc2C(F)(F)F)NC(=O)N3CC)CC1. The van der Waals surface area contributed by atoms with Crippen LogP contribution in [0.3, 0.4) is 0 Å². The topological polar surface area (TPSA) is 76.2 Å². The highest BCUT2D eigenvalue weighted by molar-refractivity contribution is 6.04. The van der Waals surface area contributed by atoms with E-state index in [1.807, 2.05) is 6.07 Å². The number of hydrogen-bond acceptors (Lipinski definition) is 4. The Morgan fingerprint density at radius 1 is 0.950 bits per heavy atom. The highest BCUT2D eigenvalue weighted by Crippen LogP contribution is 2.43. The van der Waals surface area contributed by atoms with Crippen molar-refractivity contribution >= 4 is 17.8 Å². The zero-order valence-corrected chi connectivity index (χ0v) is 22.4. The van der Waals surface area contributed by atoms with E-state index in [1.165, 1.54) is 28.0 Å². The molecule has 0 aliphatic carbocycles. The van der Waals surface area contributed by atoms with Gasteiger partial charge in [0.2, 0.25) is 5.91 Å². The van der Waals surface area contributed by atoms with Gasteiger partial charge in [0.25, 0.3) is 5.91 Å². The lowest BCUT2D eigenvalue weighted by molar-refractivity contribution is -0.144. The molecule has 11 heteroatoms. The van der Waals surface area contributed by atoms with E-state index >= 15 is 0 Å². The number of benzene rings is 2. The quantitative estimate of drug-likeness (QED) is 0.589. The van der Waals surface area contributed by atoms with Crippen molar-refractivity contribution in [3.05, 3.63) is 82.6 Å². The molecule has 3 heterocycles. The Morgan fingerprint density at radius 2 is 1.60 bits per heavy atom. The summed E-state index contributed by atoms with van der Waals surface area (Å²) >= 11 is 0. The number of alkyl halides is 3. The maximum Gasteiger partial charge on any atom is 0.416 e. The van der Waals surface area contributed by atoms with Crippen molar-refractivity contribution in [3.63, 3.8) is 0 Å². The molecule has 0 saturated carbocycles. The van der Waals surface area contributed by atoms with Crippen LogP contribution in [0.4, 0.5) is 18.0 Å². The number of amides is 4. The molecule has 0 radical (unpaired) electrons. The van der Waals surface area contributed by atoms with Gasteiger partial charge in [0.1, 0.15) is 6.04 Å². The molecule has 0 bridgehead atoms. The molecule has 40 heavy (non-hydrogen) atoms. The van der Waals surface area contributed by atoms with E-state index in [-0.39, 0.29) is 30.1 Å². The molecule has 0 spiro atoms. The summed E-state index contributed by atoms with van der Waals surface area (Å²) in [4.78, 5) is 48.1. The summed E-state index contributed by atoms with van der Waals surface area (Å²) in [6.45, 7) is 7.25. The zero-order chi connectivity index (χ0) is 28.6. The van der Waals surface area contributed by atoms with E-state index in [0.29, 0.717) is 37.4 Å². The Balaban J connectivity index is 1.56. The summed E-state index contributed by atoms with van der Waals surface area (Å²) in [6, 6.07) is 11.0. The molecule has 0 unspecified atom stereocenters. The van der Waals surface area contributed by atoms with E-state index in [0.717, 1.165) is 12.6 Å². The van der Waals surface area contributed by atoms with Crippen LogP contribution in [0.1, 0.15) is 42.6 Å². The zero-order valence-electron chi connectivity index (χ0n) is 22.4. The van der Waals surface area contributed by atoms with E-state index in [4.69, 9.17) is 0 Å². The van der Waals surface area contributed by atoms with Crippen molar-refractivity contribution in [1.29, 1.82) is 0 Å². The lowest BCUT2D eigenvalue weighted by atomic mass is 9.91. The second kappa shape index (κ2) is 11.0. The van der Waals surface area contributed by atoms with E-state index in [1.54, 1.807) is 36.1 Å². The smallest absolute Gasteiger partial charge is 0.338 e. The number of rotatable bonds is 6. The van der Waals surface area contributed by atoms with Crippen molar-refractivity contribution in [2.75, 3.05) is 45.8 Å². The van der Waals surface area contributed by atoms with Gasteiger partial charge < -0.3 is 20.0 Å². The summed E-state index contributed by atoms with van der Waals surface area (Å²) in [6.07, 6.45) is -4.69. The van der Waals surface area contributed by atoms with Crippen molar-refractivity contribution < 1.29 is 27.6 Å². The number of carbonyl (C=O) groups excluding carboxylic acids is 3. The van der Waals surface area contributed by atoms with Gasteiger partial charge in [-0.25, -0.2) is 4.79 Å². The summed E-state index contributed by atoms with van der Waals surface area (Å²) < 4.78 is 42.0. The number of halogens is 3. The second-order valence-electron chi connectivity index (χ2n) is 10.1. The molecule has 2 aromatic carbocycles. The number of piperazine rings is 1. The third kappa shape index (κ3) is 4.94. The predicted octanol–water partition coefficient (Wildman–Crippen LogP) is 3.79. The number of urea groups is 1. The Kier molecular flexibility index (Phi) is 7.59. The average Bonchev–Trinajstić information content (AvgIpc) is 3.29. The number of hydrogen-bond donors (Lipinski definition) is 1. The lowest BCUT2D eigenvalue weighted by Crippen LogP contribution is -2.52. The van der Waals surface area contributed by atoms with Crippen LogP contribution in [0.25, 0.3) is 0 Å². The summed E-state index contributed by atoms with van der Waals surface area (Å²) in [7, 11) is 0. The van der Waals surface area contributed by atoms with Gasteiger partial charge in [-0.1, -0.05) is 55.5 Å². The molecule has 2 atom stereocenters. The van der Waals surface area contributed by atoms with Crippen LogP contribution >= 0.6 is 0 Å². The largest absolute Gasteiger partial charge is 0.416 e. The molecule has 3 aliphatic rings. The number of carbonyl (C=O) groups is 3. The minimum atomic E-state index is -4.69. The van der Waals surface area contributed by atoms with Crippen molar-refractivity contribution in [1.82, 2.24) is 24.9 Å². The summed E-state index contributed by atoms with van der Waals surface area (Å²) in [5, 5.41) is 2.63. The van der Waals surface area contributed by atoms with Gasteiger partial charge in [0.15, 0.2) is 0 Å². The molecule has 0 aromatic heterocycles. The van der Waals surface area contributed by atoms with Crippen LogP contribution in [0, 0.1) is 0 Å². The second-order valence-corrected chi connectivity index (χ2v) is 10.1. The Morgan fingerprint density at radius 3 is 2.23 bits per heavy atom. The fourth-order valence-electron chi connectivity index (χ4n) is 5.85. The maximum atomic E-state index is 14.2. The standard InChI is InChI=1S/C29H32F3N5O3/c1-3-34-14-16-35(17-15-34)27(39)25(19-10-6-5-7-11-19)37-18-22-23(26(37)38)24(33-28(40)36(22)4-2)20-12-8-9-13-21(20)29(30,31)32/h5-13,24-25H,3-4,14-18H2,1-2H3,(H,33,40)/t24-,25-/m1/s1. The molecule has 1 N–H and O–H groups in total. The Bertz CT molecular complexity index is 1320. The van der Waals surface area contributed by atoms with E-state index < -0.39 is 35.8 Å². The highest BCUT2D eigenvalue weighted by atomic mass is 19.4. The monoisotopic (exact) mass is 555 g/mol. The molecule has 8 nitrogen and oxygen atoms in total. The Hall–Kier alpha value is -3.86. The molecule has 2 aromatic rings. The predicted molar refractivity (Wildman–Crippen MR) is 142 cm³/mol. The fourth-order valence-corrected chi connectivity index (χ4v) is 5.85. The fraction of sp³-hybridized carbons (Fsp3) is 0.414. The molecular weight excluding hydrogens is 523 g/mol. The first-order chi connectivity index (χ1) is 19.2. The average molecular weight is 556 g/mol. The number of likely N-dealkylation sites (N-methyl/N-ethyl adjacent to an activating group) is 2. The maximum absolute atomic E-state index is 14.2. The van der Waals surface area contributed by atoms with Gasteiger partial charge in [0, 0.05) is 32.7 Å². The normalized spacial score (nSPS) is 21.0. The molecule has 212 valence electrons. The number of nitrogens with one attached hydrogen (secondary N) is 1. The summed E-state index contributed by atoms with van der Waals surface area (Å²) in [5.74, 6) is -0.811. The van der Waals surface area contributed by atoms with Gasteiger partial charge in [-0.2, -0.15) is 13.2 Å². The summed E-state index contributed by atoms with van der Waals surface area (Å²) in [5.41, 5.74) is -0.147. The van der Waals surface area contributed by atoms with Gasteiger partial charge in [-0.15, -0.1) is 0 Å². The third-order valence-corrected chi connectivity index (χ3v) is 7.94. The minimum absolute atomic E-state index is 0.0580. The van der Waals surface area contributed by atoms with Crippen molar-refractivity contribution in [2.45, 2.75) is 32.1 Å². The van der Waals surface area contributed by atoms with E-state index in [9.17, 15) is 27.6 Å². The molecule has 3 aliphatic heterocycles. The molecule has 5 rings (SSSR count). The Labute approximate surface area is 231 Å². The van der Waals surface area contributed by atoms with Crippen LogP contribution in [-0.4, -0.2) is 83.3 Å². The molecule has 1 fully saturated rings. The van der Waals surface area contributed by atoms with Crippen LogP contribution in [-0.2, 0) is 15.8 Å². The van der Waals surface area contributed by atoms with Crippen LogP contribution < -0.4 is 5.32 Å². The molecule has 4 amide bonds. The third-order valence-electron chi connectivity index (χ3n) is 7.94. The van der Waals surface area contributed by atoms with Crippen LogP contribution in [0.2, 0.25) is 0 Å². The highest BCUT2D eigenvalue weighted by Gasteiger charge is 2.49. The van der Waals surface area contributed by atoms with Gasteiger partial charge in [-0.3, -0.25) is 14.5 Å². The lowest BCUT2D eigenvalue weighted by Gasteiger charge is -2.38. The first-order valence-electron chi connectivity index (χ1n) is 13.5. The number of nitrogens with zero attached hydrogens (tertiary/aromatic N) is 4. The molecule has 1 saturated heterocycles. The first kappa shape index (κ1) is 27.7. The first-order valence-corrected chi connectivity index (χ1v) is 13.5. The van der Waals surface area contributed by atoms with Crippen molar-refractivity contribution in [3.8, 4) is 0 Å². The van der Waals surface area contributed by atoms with Crippen molar-refractivity contribution in [2.24, 2.45) is 0 Å². The van der Waals surface area contributed by atoms with Crippen LogP contribution in [0.15, 0.2) is 65.9 Å². The van der Waals surface area contributed by atoms with E-state index in [2.05, 4.69) is 17.1 Å². The van der Waals surface area contributed by atoms with Crippen LogP contribution in [0.5, 0.6) is 0 Å². The van der Waals surface area contributed by atoms with Gasteiger partial charge >= 0.3 is 12.2 Å². The molecular formula is C29H32F3N5O3. The van der Waals surface area contributed by atoms with Gasteiger partial charge in [0.05, 0.1) is 29.4 Å². The van der Waals surface area contributed by atoms with Gasteiger partial charge in [-0.05, 0) is 30.7 Å². The minimum Gasteiger partial charge on any atom is -0.338 e.